The summed E-state index contributed by atoms with van der Waals surface area (Å²) in [6.45, 7) is 9.11. The molecule has 0 unspecified atom stereocenters. The third kappa shape index (κ3) is 4.72. The summed E-state index contributed by atoms with van der Waals surface area (Å²) in [6.07, 6.45) is 5.87. The summed E-state index contributed by atoms with van der Waals surface area (Å²) in [6, 6.07) is 0.378. The fraction of sp³-hybridized carbons (Fsp3) is 0.800. The van der Waals surface area contributed by atoms with Crippen LogP contribution in [-0.4, -0.2) is 33.1 Å². The van der Waals surface area contributed by atoms with Gasteiger partial charge in [-0.1, -0.05) is 19.8 Å². The summed E-state index contributed by atoms with van der Waals surface area (Å²) >= 11 is 0. The number of hydrogen-bond acceptors (Lipinski definition) is 6. The number of ether oxygens (including phenoxy) is 1. The van der Waals surface area contributed by atoms with E-state index in [0.29, 0.717) is 17.9 Å². The molecule has 118 valence electrons. The van der Waals surface area contributed by atoms with E-state index in [-0.39, 0.29) is 11.6 Å². The van der Waals surface area contributed by atoms with Gasteiger partial charge in [-0.3, -0.25) is 0 Å². The highest BCUT2D eigenvalue weighted by Crippen LogP contribution is 2.32. The van der Waals surface area contributed by atoms with E-state index >= 15 is 0 Å². The number of rotatable bonds is 7. The zero-order valence-corrected chi connectivity index (χ0v) is 13.6. The average molecular weight is 293 g/mol. The molecule has 1 aromatic heterocycles. The maximum absolute atomic E-state index is 5.63. The highest BCUT2D eigenvalue weighted by atomic mass is 16.5. The first kappa shape index (κ1) is 15.8. The van der Waals surface area contributed by atoms with Gasteiger partial charge in [0.1, 0.15) is 0 Å². The lowest BCUT2D eigenvalue weighted by Crippen LogP contribution is -2.32. The van der Waals surface area contributed by atoms with Crippen LogP contribution in [0.25, 0.3) is 0 Å². The molecule has 0 aliphatic heterocycles. The number of hydrogen-bond donors (Lipinski definition) is 2. The predicted octanol–water partition coefficient (Wildman–Crippen LogP) is 3.23. The molecule has 1 aliphatic carbocycles. The Balaban J connectivity index is 2.17. The molecule has 1 saturated carbocycles. The first-order valence-electron chi connectivity index (χ1n) is 7.95. The standard InChI is InChI=1S/C15H27N5O/c1-5-10-16-12-17-13(19-14(18-12)21-11(2)3)20-15(4)8-6-7-9-15/h11H,5-10H2,1-4H3,(H2,16,17,18,19,20). The molecule has 6 heteroatoms. The second-order valence-corrected chi connectivity index (χ2v) is 6.25. The van der Waals surface area contributed by atoms with E-state index in [0.717, 1.165) is 25.8 Å². The molecule has 2 N–H and O–H groups in total. The van der Waals surface area contributed by atoms with Gasteiger partial charge in [0.2, 0.25) is 11.9 Å². The van der Waals surface area contributed by atoms with Crippen molar-refractivity contribution >= 4 is 11.9 Å². The number of nitrogens with one attached hydrogen (secondary N) is 2. The molecular formula is C15H27N5O. The van der Waals surface area contributed by atoms with Crippen molar-refractivity contribution < 1.29 is 4.74 Å². The normalized spacial score (nSPS) is 17.0. The van der Waals surface area contributed by atoms with E-state index in [4.69, 9.17) is 4.74 Å². The summed E-state index contributed by atoms with van der Waals surface area (Å²) in [5, 5.41) is 6.67. The van der Waals surface area contributed by atoms with Crippen LogP contribution >= 0.6 is 0 Å². The molecule has 21 heavy (non-hydrogen) atoms. The Hall–Kier alpha value is -1.59. The monoisotopic (exact) mass is 293 g/mol. The number of anilines is 2. The molecular weight excluding hydrogens is 266 g/mol. The Morgan fingerprint density at radius 1 is 1.14 bits per heavy atom. The zero-order valence-electron chi connectivity index (χ0n) is 13.6. The topological polar surface area (TPSA) is 72.0 Å². The van der Waals surface area contributed by atoms with Crippen molar-refractivity contribution in [3.63, 3.8) is 0 Å². The van der Waals surface area contributed by atoms with Crippen molar-refractivity contribution in [2.45, 2.75) is 71.4 Å². The van der Waals surface area contributed by atoms with Crippen LogP contribution in [-0.2, 0) is 0 Å². The van der Waals surface area contributed by atoms with E-state index in [9.17, 15) is 0 Å². The Morgan fingerprint density at radius 3 is 2.43 bits per heavy atom. The lowest BCUT2D eigenvalue weighted by Gasteiger charge is -2.25. The van der Waals surface area contributed by atoms with Gasteiger partial charge in [0.05, 0.1) is 6.10 Å². The van der Waals surface area contributed by atoms with Crippen LogP contribution in [0.2, 0.25) is 0 Å². The van der Waals surface area contributed by atoms with Crippen LogP contribution in [0.3, 0.4) is 0 Å². The van der Waals surface area contributed by atoms with Gasteiger partial charge in [0, 0.05) is 12.1 Å². The fourth-order valence-electron chi connectivity index (χ4n) is 2.54. The van der Waals surface area contributed by atoms with Gasteiger partial charge >= 0.3 is 6.01 Å². The second kappa shape index (κ2) is 6.91. The average Bonchev–Trinajstić information content (AvgIpc) is 2.81. The minimum Gasteiger partial charge on any atom is -0.461 e. The largest absolute Gasteiger partial charge is 0.461 e. The van der Waals surface area contributed by atoms with Gasteiger partial charge in [-0.15, -0.1) is 0 Å². The summed E-state index contributed by atoms with van der Waals surface area (Å²) in [5.41, 5.74) is 0.0818. The van der Waals surface area contributed by atoms with Gasteiger partial charge < -0.3 is 15.4 Å². The molecule has 0 saturated heterocycles. The van der Waals surface area contributed by atoms with Crippen molar-refractivity contribution in [1.29, 1.82) is 0 Å². The zero-order chi connectivity index (χ0) is 15.3. The van der Waals surface area contributed by atoms with Crippen LogP contribution in [0, 0.1) is 0 Å². The third-order valence-corrected chi connectivity index (χ3v) is 3.61. The number of aromatic nitrogens is 3. The van der Waals surface area contributed by atoms with Crippen molar-refractivity contribution in [2.75, 3.05) is 17.2 Å². The van der Waals surface area contributed by atoms with Crippen molar-refractivity contribution in [3.05, 3.63) is 0 Å². The summed E-state index contributed by atoms with van der Waals surface area (Å²) in [4.78, 5) is 13.2. The molecule has 2 rings (SSSR count). The highest BCUT2D eigenvalue weighted by molar-refractivity contribution is 5.38. The van der Waals surface area contributed by atoms with E-state index in [1.807, 2.05) is 13.8 Å². The van der Waals surface area contributed by atoms with Crippen LogP contribution < -0.4 is 15.4 Å². The van der Waals surface area contributed by atoms with Crippen LogP contribution in [0.5, 0.6) is 6.01 Å². The molecule has 0 spiro atoms. The predicted molar refractivity (Wildman–Crippen MR) is 84.9 cm³/mol. The van der Waals surface area contributed by atoms with Crippen molar-refractivity contribution in [3.8, 4) is 6.01 Å². The SMILES string of the molecule is CCCNc1nc(NC2(C)CCCC2)nc(OC(C)C)n1. The molecule has 0 aromatic carbocycles. The molecule has 0 amide bonds. The minimum absolute atomic E-state index is 0.0429. The Morgan fingerprint density at radius 2 is 1.81 bits per heavy atom. The van der Waals surface area contributed by atoms with Crippen molar-refractivity contribution in [1.82, 2.24) is 15.0 Å². The third-order valence-electron chi connectivity index (χ3n) is 3.61. The van der Waals surface area contributed by atoms with Crippen molar-refractivity contribution in [2.24, 2.45) is 0 Å². The molecule has 0 radical (unpaired) electrons. The van der Waals surface area contributed by atoms with Gasteiger partial charge in [-0.2, -0.15) is 15.0 Å². The van der Waals surface area contributed by atoms with Gasteiger partial charge in [-0.05, 0) is 40.0 Å². The van der Waals surface area contributed by atoms with Crippen LogP contribution in [0.4, 0.5) is 11.9 Å². The van der Waals surface area contributed by atoms with E-state index in [1.165, 1.54) is 12.8 Å². The summed E-state index contributed by atoms with van der Waals surface area (Å²) in [7, 11) is 0. The molecule has 1 fully saturated rings. The lowest BCUT2D eigenvalue weighted by atomic mass is 10.0. The van der Waals surface area contributed by atoms with Crippen LogP contribution in [0.1, 0.15) is 59.8 Å². The van der Waals surface area contributed by atoms with E-state index in [2.05, 4.69) is 39.4 Å². The molecule has 1 aromatic rings. The van der Waals surface area contributed by atoms with Gasteiger partial charge in [0.25, 0.3) is 0 Å². The fourth-order valence-corrected chi connectivity index (χ4v) is 2.54. The smallest absolute Gasteiger partial charge is 0.323 e. The molecule has 0 atom stereocenters. The molecule has 1 aliphatic rings. The molecule has 0 bridgehead atoms. The molecule has 6 nitrogen and oxygen atoms in total. The van der Waals surface area contributed by atoms with E-state index in [1.54, 1.807) is 0 Å². The molecule has 1 heterocycles. The Kier molecular flexibility index (Phi) is 5.20. The van der Waals surface area contributed by atoms with E-state index < -0.39 is 0 Å². The first-order chi connectivity index (χ1) is 10.0. The quantitative estimate of drug-likeness (QED) is 0.804. The summed E-state index contributed by atoms with van der Waals surface area (Å²) < 4.78 is 5.63. The number of nitrogens with zero attached hydrogens (tertiary/aromatic N) is 3. The van der Waals surface area contributed by atoms with Gasteiger partial charge in [0.15, 0.2) is 0 Å². The first-order valence-corrected chi connectivity index (χ1v) is 7.95. The maximum atomic E-state index is 5.63. The lowest BCUT2D eigenvalue weighted by molar-refractivity contribution is 0.222. The van der Waals surface area contributed by atoms with Gasteiger partial charge in [-0.25, -0.2) is 0 Å². The minimum atomic E-state index is 0.0429. The second-order valence-electron chi connectivity index (χ2n) is 6.25. The summed E-state index contributed by atoms with van der Waals surface area (Å²) in [5.74, 6) is 1.18. The maximum Gasteiger partial charge on any atom is 0.323 e. The highest BCUT2D eigenvalue weighted by Gasteiger charge is 2.29. The Bertz CT molecular complexity index is 457. The van der Waals surface area contributed by atoms with Crippen LogP contribution in [0.15, 0.2) is 0 Å². The Labute approximate surface area is 127 Å².